The molecule has 0 aliphatic carbocycles. The van der Waals surface area contributed by atoms with Gasteiger partial charge in [0.05, 0.1) is 0 Å². The minimum atomic E-state index is -4.33. The molecule has 0 aromatic carbocycles. The van der Waals surface area contributed by atoms with Crippen LogP contribution < -0.4 is 5.32 Å². The quantitative estimate of drug-likeness (QED) is 0.813. The zero-order valence-corrected chi connectivity index (χ0v) is 8.95. The van der Waals surface area contributed by atoms with Crippen molar-refractivity contribution in [2.24, 2.45) is 0 Å². The molecule has 1 aromatic heterocycles. The van der Waals surface area contributed by atoms with Crippen LogP contribution in [0.5, 0.6) is 0 Å². The maximum absolute atomic E-state index is 12.2. The number of hydrogen-bond acceptors (Lipinski definition) is 3. The van der Waals surface area contributed by atoms with Crippen LogP contribution in [0.2, 0.25) is 0 Å². The van der Waals surface area contributed by atoms with Crippen LogP contribution >= 0.6 is 11.3 Å². The van der Waals surface area contributed by atoms with E-state index >= 15 is 0 Å². The van der Waals surface area contributed by atoms with E-state index in [0.717, 1.165) is 13.0 Å². The van der Waals surface area contributed by atoms with Gasteiger partial charge in [-0.15, -0.1) is 11.3 Å². The molecule has 0 radical (unpaired) electrons. The molecular weight excluding hydrogens is 225 g/mol. The van der Waals surface area contributed by atoms with Crippen LogP contribution in [0.25, 0.3) is 6.08 Å². The molecule has 1 N–H and O–H groups in total. The van der Waals surface area contributed by atoms with E-state index in [2.05, 4.69) is 10.3 Å². The highest BCUT2D eigenvalue weighted by Gasteiger charge is 2.34. The molecule has 6 heteroatoms. The average Bonchev–Trinajstić information content (AvgIpc) is 2.60. The Kier molecular flexibility index (Phi) is 4.28. The molecule has 0 saturated heterocycles. The second kappa shape index (κ2) is 5.27. The van der Waals surface area contributed by atoms with E-state index in [1.54, 1.807) is 6.08 Å². The number of alkyl halides is 3. The van der Waals surface area contributed by atoms with Gasteiger partial charge in [-0.05, 0) is 26.1 Å². The van der Waals surface area contributed by atoms with E-state index in [1.807, 2.05) is 13.1 Å². The molecule has 1 rings (SSSR count). The Labute approximate surface area is 89.8 Å². The number of thiazole rings is 1. The monoisotopic (exact) mass is 236 g/mol. The lowest BCUT2D eigenvalue weighted by Crippen LogP contribution is -2.05. The molecule has 0 unspecified atom stereocenters. The molecule has 15 heavy (non-hydrogen) atoms. The van der Waals surface area contributed by atoms with Crippen molar-refractivity contribution in [1.82, 2.24) is 10.3 Å². The minimum Gasteiger partial charge on any atom is -0.319 e. The largest absolute Gasteiger partial charge is 0.443 e. The van der Waals surface area contributed by atoms with Gasteiger partial charge in [-0.1, -0.05) is 6.08 Å². The fourth-order valence-electron chi connectivity index (χ4n) is 0.922. The number of aromatic nitrogens is 1. The summed E-state index contributed by atoms with van der Waals surface area (Å²) in [5.74, 6) is 0. The van der Waals surface area contributed by atoms with E-state index in [1.165, 1.54) is 6.20 Å². The van der Waals surface area contributed by atoms with Crippen LogP contribution in [-0.2, 0) is 6.18 Å². The third-order valence-electron chi connectivity index (χ3n) is 1.61. The molecule has 0 atom stereocenters. The molecular formula is C9H11F3N2S. The summed E-state index contributed by atoms with van der Waals surface area (Å²) in [6.45, 7) is 0.807. The molecule has 0 aliphatic heterocycles. The first kappa shape index (κ1) is 12.2. The van der Waals surface area contributed by atoms with Gasteiger partial charge in [0, 0.05) is 11.1 Å². The van der Waals surface area contributed by atoms with Crippen molar-refractivity contribution >= 4 is 17.4 Å². The van der Waals surface area contributed by atoms with Crippen molar-refractivity contribution in [1.29, 1.82) is 0 Å². The average molecular weight is 236 g/mol. The van der Waals surface area contributed by atoms with Crippen molar-refractivity contribution in [2.45, 2.75) is 12.6 Å². The zero-order chi connectivity index (χ0) is 11.3. The van der Waals surface area contributed by atoms with Gasteiger partial charge in [0.25, 0.3) is 0 Å². The third kappa shape index (κ3) is 4.01. The van der Waals surface area contributed by atoms with Crippen LogP contribution in [0, 0.1) is 0 Å². The summed E-state index contributed by atoms with van der Waals surface area (Å²) in [5.41, 5.74) is 0. The van der Waals surface area contributed by atoms with E-state index < -0.39 is 11.2 Å². The molecule has 0 amide bonds. The van der Waals surface area contributed by atoms with E-state index in [0.29, 0.717) is 16.2 Å². The van der Waals surface area contributed by atoms with Gasteiger partial charge in [0.15, 0.2) is 5.01 Å². The summed E-state index contributed by atoms with van der Waals surface area (Å²) in [5, 5.41) is 2.14. The van der Waals surface area contributed by atoms with Crippen LogP contribution in [0.4, 0.5) is 13.2 Å². The molecule has 0 fully saturated rings. The van der Waals surface area contributed by atoms with E-state index in [4.69, 9.17) is 0 Å². The standard InChI is InChI=1S/C9H11F3N2S/c1-13-5-3-2-4-7-6-14-8(15-7)9(10,11)12/h2,4,6,13H,3,5H2,1H3/b4-2+. The normalized spacial score (nSPS) is 12.5. The second-order valence-electron chi connectivity index (χ2n) is 2.86. The van der Waals surface area contributed by atoms with Crippen molar-refractivity contribution in [3.63, 3.8) is 0 Å². The fourth-order valence-corrected chi connectivity index (χ4v) is 1.64. The Morgan fingerprint density at radius 3 is 2.80 bits per heavy atom. The summed E-state index contributed by atoms with van der Waals surface area (Å²) in [6, 6.07) is 0. The van der Waals surface area contributed by atoms with Gasteiger partial charge in [0.1, 0.15) is 0 Å². The van der Waals surface area contributed by atoms with Gasteiger partial charge >= 0.3 is 6.18 Å². The first-order chi connectivity index (χ1) is 7.04. The number of rotatable bonds is 4. The lowest BCUT2D eigenvalue weighted by molar-refractivity contribution is -0.137. The number of nitrogens with zero attached hydrogens (tertiary/aromatic N) is 1. The second-order valence-corrected chi connectivity index (χ2v) is 3.92. The minimum absolute atomic E-state index is 0.526. The lowest BCUT2D eigenvalue weighted by atomic mass is 10.3. The highest BCUT2D eigenvalue weighted by atomic mass is 32.1. The summed E-state index contributed by atoms with van der Waals surface area (Å²) in [4.78, 5) is 3.84. The van der Waals surface area contributed by atoms with Gasteiger partial charge in [-0.2, -0.15) is 13.2 Å². The Balaban J connectivity index is 2.57. The third-order valence-corrected chi connectivity index (χ3v) is 2.62. The maximum atomic E-state index is 12.2. The van der Waals surface area contributed by atoms with Crippen molar-refractivity contribution < 1.29 is 13.2 Å². The van der Waals surface area contributed by atoms with Gasteiger partial charge in [-0.25, -0.2) is 4.98 Å². The summed E-state index contributed by atoms with van der Waals surface area (Å²) < 4.78 is 36.5. The van der Waals surface area contributed by atoms with Gasteiger partial charge in [-0.3, -0.25) is 0 Å². The van der Waals surface area contributed by atoms with Crippen molar-refractivity contribution in [3.8, 4) is 0 Å². The summed E-state index contributed by atoms with van der Waals surface area (Å²) in [6.07, 6.45) is 1.18. The Bertz CT molecular complexity index is 330. The van der Waals surface area contributed by atoms with Crippen molar-refractivity contribution in [3.05, 3.63) is 22.2 Å². The Morgan fingerprint density at radius 2 is 2.27 bits per heavy atom. The van der Waals surface area contributed by atoms with Crippen LogP contribution in [-0.4, -0.2) is 18.6 Å². The first-order valence-electron chi connectivity index (χ1n) is 4.38. The summed E-state index contributed by atoms with van der Waals surface area (Å²) >= 11 is 0.655. The van der Waals surface area contributed by atoms with Gasteiger partial charge in [0.2, 0.25) is 0 Å². The molecule has 0 aliphatic rings. The molecule has 2 nitrogen and oxygen atoms in total. The Hall–Kier alpha value is -0.880. The van der Waals surface area contributed by atoms with Crippen molar-refractivity contribution in [2.75, 3.05) is 13.6 Å². The van der Waals surface area contributed by atoms with Crippen LogP contribution in [0.3, 0.4) is 0 Å². The number of nitrogens with one attached hydrogen (secondary N) is 1. The van der Waals surface area contributed by atoms with Crippen LogP contribution in [0.1, 0.15) is 16.3 Å². The first-order valence-corrected chi connectivity index (χ1v) is 5.20. The Morgan fingerprint density at radius 1 is 1.53 bits per heavy atom. The smallest absolute Gasteiger partial charge is 0.319 e. The van der Waals surface area contributed by atoms with Gasteiger partial charge < -0.3 is 5.32 Å². The maximum Gasteiger partial charge on any atom is 0.443 e. The van der Waals surface area contributed by atoms with E-state index in [9.17, 15) is 13.2 Å². The number of halogens is 3. The molecule has 84 valence electrons. The topological polar surface area (TPSA) is 24.9 Å². The molecule has 1 aromatic rings. The molecule has 0 saturated carbocycles. The highest BCUT2D eigenvalue weighted by Crippen LogP contribution is 2.32. The predicted molar refractivity (Wildman–Crippen MR) is 54.7 cm³/mol. The molecule has 0 spiro atoms. The zero-order valence-electron chi connectivity index (χ0n) is 8.14. The van der Waals surface area contributed by atoms with E-state index in [-0.39, 0.29) is 0 Å². The SMILES string of the molecule is CNCC/C=C/c1cnc(C(F)(F)F)s1. The molecule has 1 heterocycles. The molecule has 0 bridgehead atoms. The number of hydrogen-bond donors (Lipinski definition) is 1. The summed E-state index contributed by atoms with van der Waals surface area (Å²) in [7, 11) is 1.82. The highest BCUT2D eigenvalue weighted by molar-refractivity contribution is 7.12. The fraction of sp³-hybridized carbons (Fsp3) is 0.444. The lowest BCUT2D eigenvalue weighted by Gasteiger charge is -1.98. The van der Waals surface area contributed by atoms with Crippen LogP contribution in [0.15, 0.2) is 12.3 Å². The predicted octanol–water partition coefficient (Wildman–Crippen LogP) is 2.78.